The monoisotopic (exact) mass is 422 g/mol. The maximum absolute atomic E-state index is 13.3. The maximum Gasteiger partial charge on any atom is 0.350 e. The second-order valence-corrected chi connectivity index (χ2v) is 7.34. The van der Waals surface area contributed by atoms with E-state index in [-0.39, 0.29) is 28.3 Å². The number of rotatable bonds is 4. The number of nitrogens with zero attached hydrogens (tertiary/aromatic N) is 2. The van der Waals surface area contributed by atoms with Crippen molar-refractivity contribution in [1.82, 2.24) is 10.2 Å². The molecule has 0 fully saturated rings. The van der Waals surface area contributed by atoms with Crippen LogP contribution in [0.1, 0.15) is 15.6 Å². The van der Waals surface area contributed by atoms with Gasteiger partial charge in [-0.3, -0.25) is 0 Å². The van der Waals surface area contributed by atoms with E-state index in [1.54, 1.807) is 24.3 Å². The molecule has 0 saturated carbocycles. The molecule has 0 aliphatic rings. The van der Waals surface area contributed by atoms with Crippen molar-refractivity contribution in [3.05, 3.63) is 69.1 Å². The van der Waals surface area contributed by atoms with Crippen molar-refractivity contribution in [1.29, 1.82) is 0 Å². The van der Waals surface area contributed by atoms with Crippen LogP contribution in [-0.2, 0) is 11.3 Å². The van der Waals surface area contributed by atoms with Gasteiger partial charge in [0.05, 0.1) is 5.02 Å². The van der Waals surface area contributed by atoms with Crippen LogP contribution in [0.15, 0.2) is 46.9 Å². The van der Waals surface area contributed by atoms with Gasteiger partial charge >= 0.3 is 5.97 Å². The molecule has 136 valence electrons. The fourth-order valence-electron chi connectivity index (χ4n) is 2.38. The molecule has 0 aliphatic carbocycles. The lowest BCUT2D eigenvalue weighted by Crippen LogP contribution is -2.04. The number of thiophene rings is 1. The molecular weight excluding hydrogens is 414 g/mol. The van der Waals surface area contributed by atoms with E-state index in [2.05, 4.69) is 10.2 Å². The van der Waals surface area contributed by atoms with Gasteiger partial charge in [0.15, 0.2) is 6.61 Å². The Labute approximate surface area is 166 Å². The highest BCUT2D eigenvalue weighted by molar-refractivity contribution is 7.21. The Hall–Kier alpha value is -2.48. The molecule has 2 heterocycles. The number of benzene rings is 2. The van der Waals surface area contributed by atoms with Gasteiger partial charge in [-0.15, -0.1) is 21.5 Å². The maximum atomic E-state index is 13.3. The smallest absolute Gasteiger partial charge is 0.350 e. The first-order valence-electron chi connectivity index (χ1n) is 7.64. The summed E-state index contributed by atoms with van der Waals surface area (Å²) in [7, 11) is 0. The summed E-state index contributed by atoms with van der Waals surface area (Å²) in [5.41, 5.74) is 0.694. The molecule has 9 heteroatoms. The summed E-state index contributed by atoms with van der Waals surface area (Å²) in [6, 6.07) is 11.0. The molecule has 0 bridgehead atoms. The van der Waals surface area contributed by atoms with Crippen LogP contribution in [0.4, 0.5) is 4.39 Å². The molecular formula is C18H9Cl2FN2O3S. The lowest BCUT2D eigenvalue weighted by Gasteiger charge is -2.00. The topological polar surface area (TPSA) is 65.2 Å². The van der Waals surface area contributed by atoms with E-state index in [9.17, 15) is 9.18 Å². The lowest BCUT2D eigenvalue weighted by molar-refractivity contribution is 0.0445. The zero-order valence-corrected chi connectivity index (χ0v) is 15.7. The zero-order chi connectivity index (χ0) is 19.0. The second kappa shape index (κ2) is 7.26. The van der Waals surface area contributed by atoms with E-state index >= 15 is 0 Å². The number of halogens is 3. The number of hydrogen-bond acceptors (Lipinski definition) is 6. The second-order valence-electron chi connectivity index (χ2n) is 5.47. The Bertz CT molecular complexity index is 1140. The van der Waals surface area contributed by atoms with Crippen molar-refractivity contribution in [2.45, 2.75) is 6.61 Å². The Balaban J connectivity index is 1.48. The highest BCUT2D eigenvalue weighted by Crippen LogP contribution is 2.36. The quantitative estimate of drug-likeness (QED) is 0.391. The molecule has 27 heavy (non-hydrogen) atoms. The highest BCUT2D eigenvalue weighted by atomic mass is 35.5. The third-order valence-electron chi connectivity index (χ3n) is 3.66. The Morgan fingerprint density at radius 3 is 2.70 bits per heavy atom. The van der Waals surface area contributed by atoms with Gasteiger partial charge in [-0.1, -0.05) is 23.2 Å². The summed E-state index contributed by atoms with van der Waals surface area (Å²) < 4.78 is 24.6. The van der Waals surface area contributed by atoms with Crippen LogP contribution in [0.2, 0.25) is 10.0 Å². The van der Waals surface area contributed by atoms with E-state index in [4.69, 9.17) is 32.4 Å². The van der Waals surface area contributed by atoms with Crippen molar-refractivity contribution in [3.63, 3.8) is 0 Å². The van der Waals surface area contributed by atoms with Gasteiger partial charge < -0.3 is 9.15 Å². The summed E-state index contributed by atoms with van der Waals surface area (Å²) >= 11 is 13.1. The zero-order valence-electron chi connectivity index (χ0n) is 13.4. The molecule has 0 saturated heterocycles. The van der Waals surface area contributed by atoms with E-state index in [1.807, 2.05) is 0 Å². The van der Waals surface area contributed by atoms with E-state index < -0.39 is 11.8 Å². The van der Waals surface area contributed by atoms with Crippen molar-refractivity contribution in [2.75, 3.05) is 0 Å². The van der Waals surface area contributed by atoms with Gasteiger partial charge in [0, 0.05) is 20.7 Å². The third-order valence-corrected chi connectivity index (χ3v) is 5.55. The Morgan fingerprint density at radius 2 is 1.93 bits per heavy atom. The predicted molar refractivity (Wildman–Crippen MR) is 101 cm³/mol. The molecule has 0 aliphatic heterocycles. The number of carbonyl (C=O) groups is 1. The van der Waals surface area contributed by atoms with Gasteiger partial charge in [-0.05, 0) is 42.5 Å². The van der Waals surface area contributed by atoms with E-state index in [0.29, 0.717) is 20.7 Å². The molecule has 4 aromatic rings. The van der Waals surface area contributed by atoms with E-state index in [0.717, 1.165) is 11.3 Å². The number of fused-ring (bicyclic) bond motifs is 1. The first-order chi connectivity index (χ1) is 13.0. The summed E-state index contributed by atoms with van der Waals surface area (Å²) in [5.74, 6) is -0.626. The molecule has 2 aromatic carbocycles. The molecule has 2 aromatic heterocycles. The summed E-state index contributed by atoms with van der Waals surface area (Å²) in [6.45, 7) is -0.210. The largest absolute Gasteiger partial charge is 0.451 e. The lowest BCUT2D eigenvalue weighted by atomic mass is 10.2. The molecule has 0 N–H and O–H groups in total. The van der Waals surface area contributed by atoms with E-state index in [1.165, 1.54) is 18.2 Å². The SMILES string of the molecule is O=C(OCc1nnc(-c2ccc(Cl)cc2)o1)c1sc2cc(F)ccc2c1Cl. The van der Waals surface area contributed by atoms with Gasteiger partial charge in [-0.2, -0.15) is 0 Å². The first-order valence-corrected chi connectivity index (χ1v) is 9.21. The summed E-state index contributed by atoms with van der Waals surface area (Å²) in [6.07, 6.45) is 0. The Morgan fingerprint density at radius 1 is 1.15 bits per heavy atom. The molecule has 0 unspecified atom stereocenters. The van der Waals surface area contributed by atoms with Gasteiger partial charge in [0.1, 0.15) is 10.7 Å². The van der Waals surface area contributed by atoms with Crippen molar-refractivity contribution in [3.8, 4) is 11.5 Å². The fourth-order valence-corrected chi connectivity index (χ4v) is 3.94. The predicted octanol–water partition coefficient (Wildman–Crippen LogP) is 5.75. The molecule has 0 spiro atoms. The van der Waals surface area contributed by atoms with Crippen LogP contribution in [0.25, 0.3) is 21.5 Å². The standard InChI is InChI=1S/C18H9Cl2FN2O3S/c19-10-3-1-9(2-4-10)17-23-22-14(26-17)8-25-18(24)16-15(20)12-6-5-11(21)7-13(12)27-16/h1-7H,8H2. The number of carbonyl (C=O) groups excluding carboxylic acids is 1. The number of ether oxygens (including phenoxy) is 1. The normalized spacial score (nSPS) is 11.1. The molecule has 4 rings (SSSR count). The number of esters is 1. The minimum atomic E-state index is -0.646. The summed E-state index contributed by atoms with van der Waals surface area (Å²) in [4.78, 5) is 12.5. The Kier molecular flexibility index (Phi) is 4.82. The van der Waals surface area contributed by atoms with Crippen molar-refractivity contribution >= 4 is 50.6 Å². The minimum absolute atomic E-state index is 0.136. The summed E-state index contributed by atoms with van der Waals surface area (Å²) in [5, 5.41) is 9.18. The highest BCUT2D eigenvalue weighted by Gasteiger charge is 2.20. The van der Waals surface area contributed by atoms with Gasteiger partial charge in [0.25, 0.3) is 5.89 Å². The molecule has 0 atom stereocenters. The molecule has 0 radical (unpaired) electrons. The van der Waals surface area contributed by atoms with Crippen molar-refractivity contribution in [2.24, 2.45) is 0 Å². The van der Waals surface area contributed by atoms with Crippen molar-refractivity contribution < 1.29 is 18.3 Å². The van der Waals surface area contributed by atoms with Crippen LogP contribution in [0.5, 0.6) is 0 Å². The van der Waals surface area contributed by atoms with Crippen LogP contribution in [-0.4, -0.2) is 16.2 Å². The minimum Gasteiger partial charge on any atom is -0.451 e. The fraction of sp³-hybridized carbons (Fsp3) is 0.0556. The molecule has 5 nitrogen and oxygen atoms in total. The van der Waals surface area contributed by atoms with Crippen LogP contribution in [0.3, 0.4) is 0 Å². The average Bonchev–Trinajstić information content (AvgIpc) is 3.25. The first kappa shape index (κ1) is 17.9. The average molecular weight is 423 g/mol. The molecule has 0 amide bonds. The van der Waals surface area contributed by atoms with Crippen LogP contribution >= 0.6 is 34.5 Å². The van der Waals surface area contributed by atoms with Crippen LogP contribution < -0.4 is 0 Å². The van der Waals surface area contributed by atoms with Gasteiger partial charge in [0.2, 0.25) is 5.89 Å². The number of hydrogen-bond donors (Lipinski definition) is 0. The van der Waals surface area contributed by atoms with Gasteiger partial charge in [-0.25, -0.2) is 9.18 Å². The number of aromatic nitrogens is 2. The third kappa shape index (κ3) is 3.66. The van der Waals surface area contributed by atoms with Crippen LogP contribution in [0, 0.1) is 5.82 Å².